The van der Waals surface area contributed by atoms with Gasteiger partial charge in [0, 0.05) is 17.3 Å². The lowest BCUT2D eigenvalue weighted by Gasteiger charge is -2.03. The molecule has 2 unspecified atom stereocenters. The molecule has 0 saturated heterocycles. The van der Waals surface area contributed by atoms with E-state index in [9.17, 15) is 14.9 Å². The van der Waals surface area contributed by atoms with Crippen LogP contribution in [0.5, 0.6) is 0 Å². The van der Waals surface area contributed by atoms with Gasteiger partial charge in [-0.05, 0) is 6.42 Å². The fraction of sp³-hybridized carbons (Fsp3) is 0.833. The molecule has 4 heteroatoms. The molecule has 0 aliphatic heterocycles. The quantitative estimate of drug-likeness (QED) is 0.399. The molecular weight excluding hydrogens is 134 g/mol. The number of Topliss-reactive ketones (excluding diaryl/α,β-unsaturated/α-hetero) is 1. The van der Waals surface area contributed by atoms with Gasteiger partial charge < -0.3 is 0 Å². The number of ketones is 1. The summed E-state index contributed by atoms with van der Waals surface area (Å²) in [5.41, 5.74) is 0. The topological polar surface area (TPSA) is 60.2 Å². The minimum Gasteiger partial charge on any atom is -0.292 e. The highest BCUT2D eigenvalue weighted by Gasteiger charge is 2.40. The van der Waals surface area contributed by atoms with Crippen LogP contribution in [-0.4, -0.2) is 16.7 Å². The van der Waals surface area contributed by atoms with Crippen LogP contribution in [0.3, 0.4) is 0 Å². The van der Waals surface area contributed by atoms with Crippen molar-refractivity contribution >= 4 is 5.78 Å². The average molecular weight is 143 g/mol. The summed E-state index contributed by atoms with van der Waals surface area (Å²) in [7, 11) is 0. The fourth-order valence-corrected chi connectivity index (χ4v) is 1.32. The lowest BCUT2D eigenvalue weighted by Crippen LogP contribution is -2.28. The van der Waals surface area contributed by atoms with Crippen LogP contribution in [0, 0.1) is 16.0 Å². The van der Waals surface area contributed by atoms with Crippen LogP contribution >= 0.6 is 0 Å². The molecule has 0 aromatic carbocycles. The highest BCUT2D eigenvalue weighted by atomic mass is 16.6. The Labute approximate surface area is 58.4 Å². The molecule has 10 heavy (non-hydrogen) atoms. The van der Waals surface area contributed by atoms with Crippen LogP contribution in [0.15, 0.2) is 0 Å². The molecule has 0 amide bonds. The van der Waals surface area contributed by atoms with Crippen molar-refractivity contribution in [1.29, 1.82) is 0 Å². The Bertz CT molecular complexity index is 178. The van der Waals surface area contributed by atoms with Crippen molar-refractivity contribution in [3.05, 3.63) is 10.1 Å². The van der Waals surface area contributed by atoms with Gasteiger partial charge in [0.05, 0.1) is 0 Å². The van der Waals surface area contributed by atoms with Crippen LogP contribution < -0.4 is 0 Å². The zero-order chi connectivity index (χ0) is 7.72. The molecule has 0 aromatic rings. The molecule has 0 bridgehead atoms. The van der Waals surface area contributed by atoms with Gasteiger partial charge in [-0.2, -0.15) is 0 Å². The molecule has 0 heterocycles. The Morgan fingerprint density at radius 3 is 2.50 bits per heavy atom. The van der Waals surface area contributed by atoms with Crippen LogP contribution in [-0.2, 0) is 4.79 Å². The Hall–Kier alpha value is -0.930. The number of carbonyl (C=O) groups is 1. The van der Waals surface area contributed by atoms with Gasteiger partial charge in [0.2, 0.25) is 5.78 Å². The van der Waals surface area contributed by atoms with E-state index in [1.165, 1.54) is 0 Å². The molecule has 2 atom stereocenters. The number of hydrogen-bond donors (Lipinski definition) is 0. The summed E-state index contributed by atoms with van der Waals surface area (Å²) in [6, 6.07) is -0.917. The Kier molecular flexibility index (Phi) is 1.70. The number of nitro groups is 1. The first kappa shape index (κ1) is 7.18. The van der Waals surface area contributed by atoms with E-state index in [1.807, 2.05) is 0 Å². The third-order valence-electron chi connectivity index (χ3n) is 1.94. The smallest absolute Gasteiger partial charge is 0.272 e. The van der Waals surface area contributed by atoms with Crippen LogP contribution in [0.2, 0.25) is 0 Å². The zero-order valence-electron chi connectivity index (χ0n) is 5.74. The molecule has 0 radical (unpaired) electrons. The van der Waals surface area contributed by atoms with Gasteiger partial charge in [-0.15, -0.1) is 0 Å². The maximum Gasteiger partial charge on any atom is 0.272 e. The first-order valence-corrected chi connectivity index (χ1v) is 3.29. The molecule has 1 rings (SSSR count). The third kappa shape index (κ3) is 1.01. The van der Waals surface area contributed by atoms with Crippen molar-refractivity contribution in [2.45, 2.75) is 25.8 Å². The molecule has 4 nitrogen and oxygen atoms in total. The number of rotatable bonds is 1. The molecule has 56 valence electrons. The lowest BCUT2D eigenvalue weighted by molar-refractivity contribution is -0.513. The summed E-state index contributed by atoms with van der Waals surface area (Å²) in [5.74, 6) is -0.278. The number of carbonyl (C=O) groups excluding carboxylic acids is 1. The third-order valence-corrected chi connectivity index (χ3v) is 1.94. The van der Waals surface area contributed by atoms with Crippen molar-refractivity contribution in [3.8, 4) is 0 Å². The molecular formula is C6H9NO3. The Morgan fingerprint density at radius 2 is 2.30 bits per heavy atom. The van der Waals surface area contributed by atoms with Crippen molar-refractivity contribution in [2.24, 2.45) is 5.92 Å². The highest BCUT2D eigenvalue weighted by molar-refractivity contribution is 5.85. The molecule has 1 aliphatic carbocycles. The predicted molar refractivity (Wildman–Crippen MR) is 34.2 cm³/mol. The van der Waals surface area contributed by atoms with E-state index in [4.69, 9.17) is 0 Å². The first-order valence-electron chi connectivity index (χ1n) is 3.29. The monoisotopic (exact) mass is 143 g/mol. The molecule has 1 saturated carbocycles. The van der Waals surface area contributed by atoms with Crippen molar-refractivity contribution < 1.29 is 9.72 Å². The van der Waals surface area contributed by atoms with Gasteiger partial charge in [-0.3, -0.25) is 14.9 Å². The summed E-state index contributed by atoms with van der Waals surface area (Å²) >= 11 is 0. The summed E-state index contributed by atoms with van der Waals surface area (Å²) in [4.78, 5) is 20.5. The van der Waals surface area contributed by atoms with E-state index in [-0.39, 0.29) is 11.7 Å². The molecule has 1 aliphatic rings. The normalized spacial score (nSPS) is 32.7. The predicted octanol–water partition coefficient (Wildman–Crippen LogP) is 0.631. The lowest BCUT2D eigenvalue weighted by atomic mass is 10.1. The maximum absolute atomic E-state index is 10.8. The van der Waals surface area contributed by atoms with Crippen LogP contribution in [0.25, 0.3) is 0 Å². The average Bonchev–Trinajstić information content (AvgIpc) is 2.11. The maximum atomic E-state index is 10.8. The largest absolute Gasteiger partial charge is 0.292 e. The minimum absolute atomic E-state index is 0.0671. The zero-order valence-corrected chi connectivity index (χ0v) is 5.74. The Morgan fingerprint density at radius 1 is 1.70 bits per heavy atom. The number of nitrogens with zero attached hydrogens (tertiary/aromatic N) is 1. The second-order valence-corrected chi connectivity index (χ2v) is 2.71. The molecule has 0 spiro atoms. The van der Waals surface area contributed by atoms with Crippen molar-refractivity contribution in [2.75, 3.05) is 0 Å². The van der Waals surface area contributed by atoms with Crippen LogP contribution in [0.4, 0.5) is 0 Å². The minimum atomic E-state index is -0.917. The summed E-state index contributed by atoms with van der Waals surface area (Å²) < 4.78 is 0. The standard InChI is InChI=1S/C6H9NO3/c1-4-2-3-5(8)6(4)7(9)10/h4,6H,2-3H2,1H3. The van der Waals surface area contributed by atoms with Crippen LogP contribution in [0.1, 0.15) is 19.8 Å². The van der Waals surface area contributed by atoms with E-state index < -0.39 is 11.0 Å². The van der Waals surface area contributed by atoms with Crippen molar-refractivity contribution in [3.63, 3.8) is 0 Å². The van der Waals surface area contributed by atoms with Crippen molar-refractivity contribution in [1.82, 2.24) is 0 Å². The summed E-state index contributed by atoms with van der Waals surface area (Å²) in [5, 5.41) is 10.2. The van der Waals surface area contributed by atoms with Gasteiger partial charge in [-0.25, -0.2) is 0 Å². The van der Waals surface area contributed by atoms with Gasteiger partial charge in [0.1, 0.15) is 0 Å². The van der Waals surface area contributed by atoms with Gasteiger partial charge in [-0.1, -0.05) is 6.92 Å². The van der Waals surface area contributed by atoms with Gasteiger partial charge >= 0.3 is 0 Å². The summed E-state index contributed by atoms with van der Waals surface area (Å²) in [6.45, 7) is 1.75. The first-order chi connectivity index (χ1) is 4.63. The number of hydrogen-bond acceptors (Lipinski definition) is 3. The molecule has 1 fully saturated rings. The second kappa shape index (κ2) is 2.36. The van der Waals surface area contributed by atoms with E-state index in [0.717, 1.165) is 0 Å². The second-order valence-electron chi connectivity index (χ2n) is 2.71. The van der Waals surface area contributed by atoms with E-state index >= 15 is 0 Å². The van der Waals surface area contributed by atoms with E-state index in [0.29, 0.717) is 12.8 Å². The van der Waals surface area contributed by atoms with E-state index in [2.05, 4.69) is 0 Å². The highest BCUT2D eigenvalue weighted by Crippen LogP contribution is 2.23. The fourth-order valence-electron chi connectivity index (χ4n) is 1.32. The van der Waals surface area contributed by atoms with Gasteiger partial charge in [0.25, 0.3) is 6.04 Å². The van der Waals surface area contributed by atoms with Gasteiger partial charge in [0.15, 0.2) is 0 Å². The van der Waals surface area contributed by atoms with E-state index in [1.54, 1.807) is 6.92 Å². The molecule has 0 aromatic heterocycles. The molecule has 0 N–H and O–H groups in total. The summed E-state index contributed by atoms with van der Waals surface area (Å²) in [6.07, 6.45) is 1.05. The Balaban J connectivity index is 2.72. The SMILES string of the molecule is CC1CCC(=O)C1[N+](=O)[O-].